The van der Waals surface area contributed by atoms with E-state index in [9.17, 15) is 8.42 Å². The van der Waals surface area contributed by atoms with Gasteiger partial charge in [0.2, 0.25) is 10.0 Å². The summed E-state index contributed by atoms with van der Waals surface area (Å²) in [6.07, 6.45) is 6.03. The van der Waals surface area contributed by atoms with E-state index in [1.165, 1.54) is 35.4 Å². The molecule has 2 rings (SSSR count). The average molecular weight is 282 g/mol. The van der Waals surface area contributed by atoms with Crippen molar-refractivity contribution in [1.29, 1.82) is 0 Å². The summed E-state index contributed by atoms with van der Waals surface area (Å²) < 4.78 is 24.2. The summed E-state index contributed by atoms with van der Waals surface area (Å²) in [5.74, 6) is 0. The Morgan fingerprint density at radius 2 is 1.95 bits per heavy atom. The normalized spacial score (nSPS) is 20.2. The molecule has 1 aliphatic rings. The van der Waals surface area contributed by atoms with E-state index >= 15 is 0 Å². The first-order valence-electron chi connectivity index (χ1n) is 6.73. The van der Waals surface area contributed by atoms with Crippen LogP contribution in [0.2, 0.25) is 0 Å². The zero-order valence-electron chi connectivity index (χ0n) is 11.6. The topological polar surface area (TPSA) is 49.4 Å². The van der Waals surface area contributed by atoms with E-state index in [-0.39, 0.29) is 0 Å². The van der Waals surface area contributed by atoms with E-state index < -0.39 is 10.0 Å². The predicted octanol–water partition coefficient (Wildman–Crippen LogP) is 1.77. The van der Waals surface area contributed by atoms with Crippen LogP contribution in [0.5, 0.6) is 0 Å². The van der Waals surface area contributed by atoms with Crippen molar-refractivity contribution in [1.82, 2.24) is 5.32 Å². The first kappa shape index (κ1) is 14.3. The van der Waals surface area contributed by atoms with Gasteiger partial charge in [-0.3, -0.25) is 4.31 Å². The van der Waals surface area contributed by atoms with Gasteiger partial charge in [0.05, 0.1) is 11.9 Å². The van der Waals surface area contributed by atoms with Crippen LogP contribution < -0.4 is 9.62 Å². The standard InChI is InChI=1S/C14H22N2O2S/c1-16(19(2,17)18)14-8-6-12(7-9-14)11-13-5-3-4-10-15-13/h6-9,13,15H,3-5,10-11H2,1-2H3. The largest absolute Gasteiger partial charge is 0.314 e. The van der Waals surface area contributed by atoms with Gasteiger partial charge in [0.25, 0.3) is 0 Å². The van der Waals surface area contributed by atoms with E-state index in [0.29, 0.717) is 11.7 Å². The Morgan fingerprint density at radius 3 is 2.47 bits per heavy atom. The van der Waals surface area contributed by atoms with Crippen LogP contribution in [0, 0.1) is 0 Å². The molecule has 0 bridgehead atoms. The summed E-state index contributed by atoms with van der Waals surface area (Å²) in [6.45, 7) is 1.11. The highest BCUT2D eigenvalue weighted by atomic mass is 32.2. The van der Waals surface area contributed by atoms with Crippen molar-refractivity contribution >= 4 is 15.7 Å². The monoisotopic (exact) mass is 282 g/mol. The van der Waals surface area contributed by atoms with Crippen LogP contribution >= 0.6 is 0 Å². The molecule has 1 aromatic carbocycles. The summed E-state index contributed by atoms with van der Waals surface area (Å²) >= 11 is 0. The SMILES string of the molecule is CN(c1ccc(CC2CCCCN2)cc1)S(C)(=O)=O. The fourth-order valence-electron chi connectivity index (χ4n) is 2.42. The lowest BCUT2D eigenvalue weighted by Gasteiger charge is -2.23. The molecule has 0 amide bonds. The van der Waals surface area contributed by atoms with Crippen LogP contribution in [0.25, 0.3) is 0 Å². The third-order valence-electron chi connectivity index (χ3n) is 3.69. The van der Waals surface area contributed by atoms with Crippen molar-refractivity contribution in [3.05, 3.63) is 29.8 Å². The number of hydrogen-bond acceptors (Lipinski definition) is 3. The van der Waals surface area contributed by atoms with Crippen LogP contribution in [0.4, 0.5) is 5.69 Å². The van der Waals surface area contributed by atoms with Crippen molar-refractivity contribution in [2.75, 3.05) is 24.2 Å². The molecule has 1 fully saturated rings. The molecule has 0 radical (unpaired) electrons. The molecule has 0 aliphatic carbocycles. The van der Waals surface area contributed by atoms with Crippen molar-refractivity contribution in [2.24, 2.45) is 0 Å². The van der Waals surface area contributed by atoms with Gasteiger partial charge >= 0.3 is 0 Å². The van der Waals surface area contributed by atoms with Crippen LogP contribution in [0.1, 0.15) is 24.8 Å². The van der Waals surface area contributed by atoms with Gasteiger partial charge < -0.3 is 5.32 Å². The van der Waals surface area contributed by atoms with E-state index in [2.05, 4.69) is 5.32 Å². The van der Waals surface area contributed by atoms with E-state index in [0.717, 1.165) is 13.0 Å². The number of benzene rings is 1. The van der Waals surface area contributed by atoms with Crippen molar-refractivity contribution in [2.45, 2.75) is 31.7 Å². The molecule has 1 saturated heterocycles. The predicted molar refractivity (Wildman–Crippen MR) is 79.0 cm³/mol. The Labute approximate surface area is 115 Å². The molecule has 0 spiro atoms. The molecule has 5 heteroatoms. The van der Waals surface area contributed by atoms with Crippen LogP contribution in [-0.2, 0) is 16.4 Å². The maximum atomic E-state index is 11.4. The number of anilines is 1. The average Bonchev–Trinajstić information content (AvgIpc) is 2.39. The molecule has 0 saturated carbocycles. The first-order chi connectivity index (χ1) is 8.97. The molecule has 1 aromatic rings. The molecule has 1 heterocycles. The highest BCUT2D eigenvalue weighted by Crippen LogP contribution is 2.18. The Morgan fingerprint density at radius 1 is 1.26 bits per heavy atom. The van der Waals surface area contributed by atoms with Crippen molar-refractivity contribution in [3.63, 3.8) is 0 Å². The summed E-state index contributed by atoms with van der Waals surface area (Å²) in [6, 6.07) is 8.35. The lowest BCUT2D eigenvalue weighted by atomic mass is 9.98. The molecule has 106 valence electrons. The number of sulfonamides is 1. The van der Waals surface area contributed by atoms with Crippen LogP contribution in [0.3, 0.4) is 0 Å². The van der Waals surface area contributed by atoms with Crippen molar-refractivity contribution < 1.29 is 8.42 Å². The van der Waals surface area contributed by atoms with Gasteiger partial charge in [-0.1, -0.05) is 18.6 Å². The zero-order valence-corrected chi connectivity index (χ0v) is 12.4. The summed E-state index contributed by atoms with van der Waals surface area (Å²) in [7, 11) is -1.60. The molecular formula is C14H22N2O2S. The van der Waals surface area contributed by atoms with Gasteiger partial charge in [-0.2, -0.15) is 0 Å². The summed E-state index contributed by atoms with van der Waals surface area (Å²) in [4.78, 5) is 0. The Hall–Kier alpha value is -1.07. The van der Waals surface area contributed by atoms with Crippen molar-refractivity contribution in [3.8, 4) is 0 Å². The Kier molecular flexibility index (Phi) is 4.47. The zero-order chi connectivity index (χ0) is 13.9. The van der Waals surface area contributed by atoms with Gasteiger partial charge in [0.15, 0.2) is 0 Å². The number of rotatable bonds is 4. The Balaban J connectivity index is 2.02. The molecular weight excluding hydrogens is 260 g/mol. The third-order valence-corrected chi connectivity index (χ3v) is 4.90. The quantitative estimate of drug-likeness (QED) is 0.915. The minimum absolute atomic E-state index is 0.562. The molecule has 1 aliphatic heterocycles. The second kappa shape index (κ2) is 5.92. The second-order valence-electron chi connectivity index (χ2n) is 5.25. The highest BCUT2D eigenvalue weighted by molar-refractivity contribution is 7.92. The van der Waals surface area contributed by atoms with Gasteiger partial charge in [-0.25, -0.2) is 8.42 Å². The maximum Gasteiger partial charge on any atom is 0.231 e. The lowest BCUT2D eigenvalue weighted by Crippen LogP contribution is -2.35. The molecule has 1 atom stereocenters. The molecule has 19 heavy (non-hydrogen) atoms. The highest BCUT2D eigenvalue weighted by Gasteiger charge is 2.14. The number of hydrogen-bond donors (Lipinski definition) is 1. The number of nitrogens with one attached hydrogen (secondary N) is 1. The fourth-order valence-corrected chi connectivity index (χ4v) is 2.92. The number of nitrogens with zero attached hydrogens (tertiary/aromatic N) is 1. The number of piperidine rings is 1. The molecule has 4 nitrogen and oxygen atoms in total. The van der Waals surface area contributed by atoms with Crippen LogP contribution in [0.15, 0.2) is 24.3 Å². The maximum absolute atomic E-state index is 11.4. The third kappa shape index (κ3) is 3.94. The molecule has 1 unspecified atom stereocenters. The van der Waals surface area contributed by atoms with Crippen LogP contribution in [-0.4, -0.2) is 34.3 Å². The van der Waals surface area contributed by atoms with E-state index in [1.54, 1.807) is 7.05 Å². The summed E-state index contributed by atoms with van der Waals surface area (Å²) in [5, 5.41) is 3.52. The second-order valence-corrected chi connectivity index (χ2v) is 7.26. The van der Waals surface area contributed by atoms with Gasteiger partial charge in [0, 0.05) is 13.1 Å². The molecule has 0 aromatic heterocycles. The molecule has 1 N–H and O–H groups in total. The van der Waals surface area contributed by atoms with Gasteiger partial charge in [-0.15, -0.1) is 0 Å². The minimum atomic E-state index is -3.17. The van der Waals surface area contributed by atoms with Gasteiger partial charge in [-0.05, 0) is 43.5 Å². The van der Waals surface area contributed by atoms with E-state index in [1.807, 2.05) is 24.3 Å². The van der Waals surface area contributed by atoms with E-state index in [4.69, 9.17) is 0 Å². The smallest absolute Gasteiger partial charge is 0.231 e. The summed E-state index contributed by atoms with van der Waals surface area (Å²) in [5.41, 5.74) is 1.97. The lowest BCUT2D eigenvalue weighted by molar-refractivity contribution is 0.399. The van der Waals surface area contributed by atoms with Gasteiger partial charge in [0.1, 0.15) is 0 Å². The Bertz CT molecular complexity index is 505. The first-order valence-corrected chi connectivity index (χ1v) is 8.58. The fraction of sp³-hybridized carbons (Fsp3) is 0.571. The minimum Gasteiger partial charge on any atom is -0.314 e.